The molecule has 2 rings (SSSR count). The molecule has 9 nitrogen and oxygen atoms in total. The van der Waals surface area contributed by atoms with Crippen molar-refractivity contribution >= 4 is 29.9 Å². The summed E-state index contributed by atoms with van der Waals surface area (Å²) in [5.74, 6) is 4.23. The number of methoxy groups -OCH3 is 3. The third kappa shape index (κ3) is 6.92. The van der Waals surface area contributed by atoms with Crippen molar-refractivity contribution in [3.8, 4) is 17.2 Å². The fraction of sp³-hybridized carbons (Fsp3) is 0.550. The second-order valence-electron chi connectivity index (χ2n) is 6.55. The molecule has 0 saturated heterocycles. The smallest absolute Gasteiger partial charge is 0.203 e. The lowest BCUT2D eigenvalue weighted by Crippen LogP contribution is -2.38. The van der Waals surface area contributed by atoms with Gasteiger partial charge in [0, 0.05) is 13.6 Å². The lowest BCUT2D eigenvalue weighted by molar-refractivity contribution is 0.324. The van der Waals surface area contributed by atoms with E-state index in [9.17, 15) is 0 Å². The lowest BCUT2D eigenvalue weighted by atomic mass is 10.2. The molecule has 1 aromatic heterocycles. The number of rotatable bonds is 10. The van der Waals surface area contributed by atoms with Crippen molar-refractivity contribution in [2.45, 2.75) is 39.8 Å². The molecule has 0 fully saturated rings. The number of hydrogen-bond acceptors (Lipinski definition) is 6. The van der Waals surface area contributed by atoms with E-state index in [1.807, 2.05) is 30.7 Å². The zero-order valence-corrected chi connectivity index (χ0v) is 20.9. The molecule has 0 bridgehead atoms. The van der Waals surface area contributed by atoms with Crippen LogP contribution in [0.25, 0.3) is 0 Å². The van der Waals surface area contributed by atoms with E-state index in [0.717, 1.165) is 36.6 Å². The van der Waals surface area contributed by atoms with Crippen molar-refractivity contribution in [2.75, 3.05) is 27.9 Å². The summed E-state index contributed by atoms with van der Waals surface area (Å²) >= 11 is 0. The molecule has 0 unspecified atom stereocenters. The van der Waals surface area contributed by atoms with Crippen LogP contribution in [0.5, 0.6) is 17.2 Å². The number of guanidine groups is 1. The first-order valence-electron chi connectivity index (χ1n) is 9.69. The van der Waals surface area contributed by atoms with Crippen LogP contribution in [0.2, 0.25) is 0 Å². The monoisotopic (exact) mass is 532 g/mol. The number of aromatic nitrogens is 3. The van der Waals surface area contributed by atoms with Gasteiger partial charge in [0.15, 0.2) is 23.3 Å². The van der Waals surface area contributed by atoms with Crippen LogP contribution in [0.15, 0.2) is 17.1 Å². The van der Waals surface area contributed by atoms with Crippen LogP contribution in [0.3, 0.4) is 0 Å². The highest BCUT2D eigenvalue weighted by molar-refractivity contribution is 14.0. The van der Waals surface area contributed by atoms with E-state index in [-0.39, 0.29) is 24.0 Å². The summed E-state index contributed by atoms with van der Waals surface area (Å²) in [5.41, 5.74) is 0.950. The minimum atomic E-state index is 0. The van der Waals surface area contributed by atoms with Gasteiger partial charge in [0.2, 0.25) is 5.75 Å². The number of nitrogens with one attached hydrogen (secondary N) is 2. The molecule has 0 aliphatic rings. The van der Waals surface area contributed by atoms with Gasteiger partial charge in [0.25, 0.3) is 0 Å². The van der Waals surface area contributed by atoms with E-state index in [0.29, 0.717) is 36.3 Å². The minimum absolute atomic E-state index is 0. The van der Waals surface area contributed by atoms with Crippen molar-refractivity contribution in [3.63, 3.8) is 0 Å². The first kappa shape index (κ1) is 25.8. The summed E-state index contributed by atoms with van der Waals surface area (Å²) in [7, 11) is 6.74. The Hall–Kier alpha value is -2.24. The molecule has 0 radical (unpaired) electrons. The lowest BCUT2D eigenvalue weighted by Gasteiger charge is -2.15. The van der Waals surface area contributed by atoms with Gasteiger partial charge in [-0.15, -0.1) is 34.2 Å². The van der Waals surface area contributed by atoms with E-state index in [2.05, 4.69) is 27.8 Å². The third-order valence-corrected chi connectivity index (χ3v) is 4.56. The average Bonchev–Trinajstić information content (AvgIpc) is 3.06. The Kier molecular flexibility index (Phi) is 11.3. The Morgan fingerprint density at radius 1 is 1.07 bits per heavy atom. The Bertz CT molecular complexity index is 800. The molecule has 0 atom stereocenters. The maximum Gasteiger partial charge on any atom is 0.203 e. The number of aryl methyl sites for hydroxylation is 1. The van der Waals surface area contributed by atoms with Gasteiger partial charge in [-0.3, -0.25) is 0 Å². The molecule has 1 aromatic carbocycles. The van der Waals surface area contributed by atoms with Crippen LogP contribution in [-0.4, -0.2) is 48.6 Å². The molecule has 0 spiro atoms. The van der Waals surface area contributed by atoms with E-state index in [1.165, 1.54) is 0 Å². The van der Waals surface area contributed by atoms with E-state index in [1.54, 1.807) is 21.3 Å². The van der Waals surface area contributed by atoms with Crippen LogP contribution < -0.4 is 24.8 Å². The van der Waals surface area contributed by atoms with Crippen molar-refractivity contribution in [3.05, 3.63) is 29.3 Å². The van der Waals surface area contributed by atoms with Crippen molar-refractivity contribution in [1.82, 2.24) is 25.4 Å². The van der Waals surface area contributed by atoms with Crippen molar-refractivity contribution in [2.24, 2.45) is 12.0 Å². The summed E-state index contributed by atoms with van der Waals surface area (Å²) in [6.45, 7) is 5.91. The minimum Gasteiger partial charge on any atom is -0.493 e. The predicted octanol–water partition coefficient (Wildman–Crippen LogP) is 2.80. The molecule has 0 aliphatic heterocycles. The van der Waals surface area contributed by atoms with Gasteiger partial charge in [-0.05, 0) is 31.0 Å². The molecular formula is C20H33IN6O3. The molecule has 30 heavy (non-hydrogen) atoms. The van der Waals surface area contributed by atoms with Crippen LogP contribution >= 0.6 is 24.0 Å². The summed E-state index contributed by atoms with van der Waals surface area (Å²) < 4.78 is 18.2. The van der Waals surface area contributed by atoms with E-state index >= 15 is 0 Å². The van der Waals surface area contributed by atoms with Gasteiger partial charge < -0.3 is 29.4 Å². The molecule has 10 heteroatoms. The number of unbranched alkanes of at least 4 members (excludes halogenated alkanes) is 1. The van der Waals surface area contributed by atoms with Crippen molar-refractivity contribution in [1.29, 1.82) is 0 Å². The standard InChI is InChI=1S/C20H32N6O3.HI/c1-7-8-9-21-20(23-13-18-25-24-14(2)26(18)3)22-12-15-10-16(27-4)19(29-6)17(11-15)28-5;/h10-11H,7-9,12-13H2,1-6H3,(H2,21,22,23);1H. The average molecular weight is 532 g/mol. The molecule has 2 aromatic rings. The van der Waals surface area contributed by atoms with Gasteiger partial charge in [0.1, 0.15) is 5.82 Å². The van der Waals surface area contributed by atoms with Crippen LogP contribution in [0.4, 0.5) is 0 Å². The van der Waals surface area contributed by atoms with Gasteiger partial charge in [-0.25, -0.2) is 4.99 Å². The highest BCUT2D eigenvalue weighted by Gasteiger charge is 2.13. The van der Waals surface area contributed by atoms with Crippen molar-refractivity contribution < 1.29 is 14.2 Å². The van der Waals surface area contributed by atoms with Gasteiger partial charge in [0.05, 0.1) is 34.4 Å². The molecule has 1 heterocycles. The summed E-state index contributed by atoms with van der Waals surface area (Å²) in [5, 5.41) is 15.0. The molecule has 0 saturated carbocycles. The maximum absolute atomic E-state index is 5.42. The highest BCUT2D eigenvalue weighted by Crippen LogP contribution is 2.38. The molecule has 168 valence electrons. The van der Waals surface area contributed by atoms with Gasteiger partial charge in [-0.1, -0.05) is 13.3 Å². The number of aliphatic imine (C=N–C) groups is 1. The summed E-state index contributed by atoms with van der Waals surface area (Å²) in [6.07, 6.45) is 2.17. The molecule has 2 N–H and O–H groups in total. The SMILES string of the molecule is CCCCNC(=NCc1cc(OC)c(OC)c(OC)c1)NCc1nnc(C)n1C.I. The highest BCUT2D eigenvalue weighted by atomic mass is 127. The quantitative estimate of drug-likeness (QED) is 0.210. The number of halogens is 1. The topological polar surface area (TPSA) is 94.8 Å². The third-order valence-electron chi connectivity index (χ3n) is 4.56. The van der Waals surface area contributed by atoms with E-state index < -0.39 is 0 Å². The number of ether oxygens (including phenoxy) is 3. The molecular weight excluding hydrogens is 499 g/mol. The van der Waals surface area contributed by atoms with E-state index in [4.69, 9.17) is 19.2 Å². The predicted molar refractivity (Wildman–Crippen MR) is 128 cm³/mol. The van der Waals surface area contributed by atoms with Gasteiger partial charge in [-0.2, -0.15) is 0 Å². The first-order chi connectivity index (χ1) is 14.0. The number of benzene rings is 1. The Labute approximate surface area is 195 Å². The van der Waals surface area contributed by atoms with Crippen LogP contribution in [0.1, 0.15) is 37.0 Å². The largest absolute Gasteiger partial charge is 0.493 e. The van der Waals surface area contributed by atoms with Gasteiger partial charge >= 0.3 is 0 Å². The molecule has 0 amide bonds. The first-order valence-corrected chi connectivity index (χ1v) is 9.69. The fourth-order valence-electron chi connectivity index (χ4n) is 2.72. The normalized spacial score (nSPS) is 10.9. The summed E-state index contributed by atoms with van der Waals surface area (Å²) in [4.78, 5) is 4.71. The van der Waals surface area contributed by atoms with Crippen LogP contribution in [-0.2, 0) is 20.1 Å². The second kappa shape index (κ2) is 13.1. The second-order valence-corrected chi connectivity index (χ2v) is 6.55. The number of nitrogens with zero attached hydrogens (tertiary/aromatic N) is 4. The zero-order chi connectivity index (χ0) is 21.2. The number of hydrogen-bond donors (Lipinski definition) is 2. The van der Waals surface area contributed by atoms with Crippen LogP contribution in [0, 0.1) is 6.92 Å². The zero-order valence-electron chi connectivity index (χ0n) is 18.6. The Morgan fingerprint density at radius 3 is 2.23 bits per heavy atom. The maximum atomic E-state index is 5.42. The Balaban J connectivity index is 0.00000450. The fourth-order valence-corrected chi connectivity index (χ4v) is 2.72. The molecule has 0 aliphatic carbocycles. The Morgan fingerprint density at radius 2 is 1.73 bits per heavy atom. The summed E-state index contributed by atoms with van der Waals surface area (Å²) in [6, 6.07) is 3.81.